The summed E-state index contributed by atoms with van der Waals surface area (Å²) in [7, 11) is 0. The fraction of sp³-hybridized carbons (Fsp3) is 0.167. The molecule has 1 aliphatic carbocycles. The maximum atomic E-state index is 11.8. The molecule has 0 N–H and O–H groups in total. The fourth-order valence-electron chi connectivity index (χ4n) is 2.76. The lowest BCUT2D eigenvalue weighted by Crippen LogP contribution is -2.00. The third-order valence-electron chi connectivity index (χ3n) is 3.95. The van der Waals surface area contributed by atoms with Crippen LogP contribution >= 0.6 is 11.6 Å². The summed E-state index contributed by atoms with van der Waals surface area (Å²) in [6.45, 7) is 0.182. The van der Waals surface area contributed by atoms with E-state index in [1.807, 2.05) is 30.3 Å². The van der Waals surface area contributed by atoms with Gasteiger partial charge in [0.1, 0.15) is 5.75 Å². The highest BCUT2D eigenvalue weighted by Crippen LogP contribution is 2.31. The molecule has 2 aromatic carbocycles. The van der Waals surface area contributed by atoms with Crippen LogP contribution in [0.25, 0.3) is 11.5 Å². The van der Waals surface area contributed by atoms with E-state index < -0.39 is 0 Å². The Bertz CT molecular complexity index is 903. The van der Waals surface area contributed by atoms with Gasteiger partial charge in [-0.25, -0.2) is 0 Å². The smallest absolute Gasteiger partial charge is 0.258 e. The summed E-state index contributed by atoms with van der Waals surface area (Å²) in [5, 5.41) is 4.58. The molecule has 0 radical (unpaired) electrons. The van der Waals surface area contributed by atoms with Gasteiger partial charge in [0.15, 0.2) is 12.4 Å². The van der Waals surface area contributed by atoms with Gasteiger partial charge in [0, 0.05) is 28.1 Å². The number of ether oxygens (including phenoxy) is 1. The minimum atomic E-state index is 0.167. The lowest BCUT2D eigenvalue weighted by Gasteiger charge is -2.08. The molecule has 0 saturated heterocycles. The minimum absolute atomic E-state index is 0.167. The molecule has 1 aliphatic rings. The molecule has 120 valence electrons. The largest absolute Gasteiger partial charge is 0.485 e. The SMILES string of the molecule is O=C1CCc2c(OCc3noc(-c4ccc(Cl)cc4)n3)cccc21. The van der Waals surface area contributed by atoms with Crippen LogP contribution in [0, 0.1) is 0 Å². The number of Topliss-reactive ketones (excluding diaryl/α,β-unsaturated/α-hetero) is 1. The van der Waals surface area contributed by atoms with Gasteiger partial charge in [0.25, 0.3) is 5.89 Å². The molecule has 1 heterocycles. The van der Waals surface area contributed by atoms with Crippen molar-refractivity contribution in [3.8, 4) is 17.2 Å². The number of aromatic nitrogens is 2. The standard InChI is InChI=1S/C18H13ClN2O3/c19-12-6-4-11(5-7-12)18-20-17(21-24-18)10-23-16-3-1-2-13-14(16)8-9-15(13)22/h1-7H,8-10H2. The molecule has 3 aromatic rings. The number of fused-ring (bicyclic) bond motifs is 1. The highest BCUT2D eigenvalue weighted by Gasteiger charge is 2.22. The number of ketones is 1. The van der Waals surface area contributed by atoms with Crippen molar-refractivity contribution < 1.29 is 14.1 Å². The summed E-state index contributed by atoms with van der Waals surface area (Å²) in [6.07, 6.45) is 1.26. The summed E-state index contributed by atoms with van der Waals surface area (Å²) < 4.78 is 11.0. The average molecular weight is 341 g/mol. The van der Waals surface area contributed by atoms with Gasteiger partial charge in [0.05, 0.1) is 0 Å². The zero-order chi connectivity index (χ0) is 16.5. The van der Waals surface area contributed by atoms with Crippen molar-refractivity contribution >= 4 is 17.4 Å². The lowest BCUT2D eigenvalue weighted by atomic mass is 10.1. The fourth-order valence-corrected chi connectivity index (χ4v) is 2.88. The summed E-state index contributed by atoms with van der Waals surface area (Å²) in [6, 6.07) is 12.7. The van der Waals surface area contributed by atoms with Crippen molar-refractivity contribution in [2.45, 2.75) is 19.4 Å². The zero-order valence-electron chi connectivity index (χ0n) is 12.7. The van der Waals surface area contributed by atoms with Crippen molar-refractivity contribution in [1.29, 1.82) is 0 Å². The Kier molecular flexibility index (Phi) is 3.78. The van der Waals surface area contributed by atoms with Crippen LogP contribution in [0.5, 0.6) is 5.75 Å². The van der Waals surface area contributed by atoms with E-state index in [1.165, 1.54) is 0 Å². The number of halogens is 1. The van der Waals surface area contributed by atoms with Gasteiger partial charge in [-0.3, -0.25) is 4.79 Å². The second-order valence-corrected chi connectivity index (χ2v) is 5.95. The van der Waals surface area contributed by atoms with Crippen molar-refractivity contribution in [1.82, 2.24) is 10.1 Å². The highest BCUT2D eigenvalue weighted by molar-refractivity contribution is 6.30. The molecular formula is C18H13ClN2O3. The van der Waals surface area contributed by atoms with Crippen LogP contribution in [0.2, 0.25) is 5.02 Å². The molecule has 0 aliphatic heterocycles. The predicted molar refractivity (Wildman–Crippen MR) is 88.2 cm³/mol. The van der Waals surface area contributed by atoms with E-state index in [1.54, 1.807) is 12.1 Å². The van der Waals surface area contributed by atoms with Crippen LogP contribution < -0.4 is 4.74 Å². The number of benzene rings is 2. The maximum absolute atomic E-state index is 11.8. The first-order chi connectivity index (χ1) is 11.7. The van der Waals surface area contributed by atoms with E-state index in [0.29, 0.717) is 35.3 Å². The van der Waals surface area contributed by atoms with Gasteiger partial charge < -0.3 is 9.26 Å². The van der Waals surface area contributed by atoms with Crippen LogP contribution in [0.15, 0.2) is 47.0 Å². The van der Waals surface area contributed by atoms with Gasteiger partial charge >= 0.3 is 0 Å². The summed E-state index contributed by atoms with van der Waals surface area (Å²) in [4.78, 5) is 16.1. The molecule has 0 fully saturated rings. The Morgan fingerprint density at radius 3 is 2.79 bits per heavy atom. The Hall–Kier alpha value is -2.66. The molecule has 0 amide bonds. The highest BCUT2D eigenvalue weighted by atomic mass is 35.5. The van der Waals surface area contributed by atoms with Crippen LogP contribution in [0.3, 0.4) is 0 Å². The number of carbonyl (C=O) groups is 1. The summed E-state index contributed by atoms with van der Waals surface area (Å²) in [5.41, 5.74) is 2.51. The van der Waals surface area contributed by atoms with Crippen molar-refractivity contribution in [3.05, 3.63) is 64.4 Å². The van der Waals surface area contributed by atoms with E-state index in [4.69, 9.17) is 20.9 Å². The second-order valence-electron chi connectivity index (χ2n) is 5.52. The van der Waals surface area contributed by atoms with Crippen LogP contribution in [0.1, 0.15) is 28.2 Å². The number of hydrogen-bond acceptors (Lipinski definition) is 5. The third-order valence-corrected chi connectivity index (χ3v) is 4.20. The second kappa shape index (κ2) is 6.09. The van der Waals surface area contributed by atoms with Crippen molar-refractivity contribution in [2.75, 3.05) is 0 Å². The Balaban J connectivity index is 1.50. The molecule has 0 atom stereocenters. The topological polar surface area (TPSA) is 65.2 Å². The Morgan fingerprint density at radius 2 is 1.96 bits per heavy atom. The molecule has 6 heteroatoms. The van der Waals surface area contributed by atoms with Gasteiger partial charge in [-0.15, -0.1) is 0 Å². The molecule has 1 aromatic heterocycles. The first-order valence-corrected chi connectivity index (χ1v) is 7.95. The van der Waals surface area contributed by atoms with Crippen molar-refractivity contribution in [3.63, 3.8) is 0 Å². The van der Waals surface area contributed by atoms with E-state index in [9.17, 15) is 4.79 Å². The van der Waals surface area contributed by atoms with Gasteiger partial charge in [0.2, 0.25) is 5.82 Å². The van der Waals surface area contributed by atoms with E-state index >= 15 is 0 Å². The number of carbonyl (C=O) groups excluding carboxylic acids is 1. The molecule has 24 heavy (non-hydrogen) atoms. The van der Waals surface area contributed by atoms with Gasteiger partial charge in [-0.2, -0.15) is 4.98 Å². The van der Waals surface area contributed by atoms with Crippen molar-refractivity contribution in [2.24, 2.45) is 0 Å². The normalized spacial score (nSPS) is 13.1. The van der Waals surface area contributed by atoms with Gasteiger partial charge in [-0.05, 0) is 36.8 Å². The first-order valence-electron chi connectivity index (χ1n) is 7.57. The monoisotopic (exact) mass is 340 g/mol. The minimum Gasteiger partial charge on any atom is -0.485 e. The molecule has 5 nitrogen and oxygen atoms in total. The van der Waals surface area contributed by atoms with E-state index in [-0.39, 0.29) is 12.4 Å². The molecular weight excluding hydrogens is 328 g/mol. The maximum Gasteiger partial charge on any atom is 0.258 e. The molecule has 0 saturated carbocycles. The number of rotatable bonds is 4. The van der Waals surface area contributed by atoms with Crippen LogP contribution in [-0.2, 0) is 13.0 Å². The Morgan fingerprint density at radius 1 is 1.12 bits per heavy atom. The summed E-state index contributed by atoms with van der Waals surface area (Å²) in [5.74, 6) is 1.73. The van der Waals surface area contributed by atoms with Crippen LogP contribution in [-0.4, -0.2) is 15.9 Å². The molecule has 0 bridgehead atoms. The molecule has 0 spiro atoms. The average Bonchev–Trinajstić information content (AvgIpc) is 3.21. The third kappa shape index (κ3) is 2.78. The zero-order valence-corrected chi connectivity index (χ0v) is 13.4. The quantitative estimate of drug-likeness (QED) is 0.715. The predicted octanol–water partition coefficient (Wildman–Crippen LogP) is 4.10. The van der Waals surface area contributed by atoms with Crippen LogP contribution in [0.4, 0.5) is 0 Å². The molecule has 4 rings (SSSR count). The van der Waals surface area contributed by atoms with Gasteiger partial charge in [-0.1, -0.05) is 28.9 Å². The van der Waals surface area contributed by atoms with E-state index in [2.05, 4.69) is 10.1 Å². The first kappa shape index (κ1) is 14.9. The number of nitrogens with zero attached hydrogens (tertiary/aromatic N) is 2. The molecule has 0 unspecified atom stereocenters. The van der Waals surface area contributed by atoms with E-state index in [0.717, 1.165) is 16.7 Å². The Labute approximate surface area is 143 Å². The number of hydrogen-bond donors (Lipinski definition) is 0. The summed E-state index contributed by atoms with van der Waals surface area (Å²) >= 11 is 5.87. The lowest BCUT2D eigenvalue weighted by molar-refractivity contribution is 0.0994.